The van der Waals surface area contributed by atoms with E-state index in [1.165, 1.54) is 0 Å². The molecule has 13 heavy (non-hydrogen) atoms. The third kappa shape index (κ3) is 1.69. The van der Waals surface area contributed by atoms with E-state index in [0.29, 0.717) is 11.8 Å². The van der Waals surface area contributed by atoms with Crippen LogP contribution in [0.5, 0.6) is 5.88 Å². The smallest absolute Gasteiger partial charge is 0.212 e. The van der Waals surface area contributed by atoms with Crippen LogP contribution in [0, 0.1) is 6.92 Å². The molecule has 0 saturated heterocycles. The summed E-state index contributed by atoms with van der Waals surface area (Å²) in [5.74, 6) is 0.671. The molecule has 0 spiro atoms. The molecule has 3 heteroatoms. The van der Waals surface area contributed by atoms with Gasteiger partial charge in [-0.25, -0.2) is 4.68 Å². The van der Waals surface area contributed by atoms with Crippen molar-refractivity contribution in [2.45, 2.75) is 46.6 Å². The van der Waals surface area contributed by atoms with Gasteiger partial charge in [-0.1, -0.05) is 13.8 Å². The summed E-state index contributed by atoms with van der Waals surface area (Å²) >= 11 is 0. The second kappa shape index (κ2) is 3.40. The fraction of sp³-hybridized carbons (Fsp3) is 0.700. The zero-order chi connectivity index (χ0) is 10.2. The molecule has 1 aromatic rings. The van der Waals surface area contributed by atoms with Gasteiger partial charge in [-0.15, -0.1) is 0 Å². The molecule has 74 valence electrons. The van der Waals surface area contributed by atoms with E-state index in [4.69, 9.17) is 0 Å². The normalized spacial score (nSPS) is 11.6. The van der Waals surface area contributed by atoms with E-state index >= 15 is 0 Å². The molecule has 0 fully saturated rings. The quantitative estimate of drug-likeness (QED) is 0.763. The van der Waals surface area contributed by atoms with E-state index in [2.05, 4.69) is 18.9 Å². The van der Waals surface area contributed by atoms with Crippen molar-refractivity contribution in [2.24, 2.45) is 0 Å². The lowest BCUT2D eigenvalue weighted by Crippen LogP contribution is -2.03. The number of nitrogens with zero attached hydrogens (tertiary/aromatic N) is 2. The fourth-order valence-electron chi connectivity index (χ4n) is 1.43. The Hall–Kier alpha value is -0.990. The molecule has 0 aromatic carbocycles. The predicted octanol–water partition coefficient (Wildman–Crippen LogP) is 2.60. The Morgan fingerprint density at radius 2 is 1.77 bits per heavy atom. The van der Waals surface area contributed by atoms with Crippen LogP contribution >= 0.6 is 0 Å². The van der Waals surface area contributed by atoms with Crippen LogP contribution in [0.2, 0.25) is 0 Å². The molecule has 1 aromatic heterocycles. The minimum Gasteiger partial charge on any atom is -0.493 e. The van der Waals surface area contributed by atoms with Crippen LogP contribution in [0.25, 0.3) is 0 Å². The van der Waals surface area contributed by atoms with Crippen LogP contribution < -0.4 is 0 Å². The number of hydrogen-bond acceptors (Lipinski definition) is 2. The van der Waals surface area contributed by atoms with Crippen molar-refractivity contribution in [3.63, 3.8) is 0 Å². The monoisotopic (exact) mass is 182 g/mol. The van der Waals surface area contributed by atoms with Crippen LogP contribution in [0.15, 0.2) is 0 Å². The molecule has 0 unspecified atom stereocenters. The molecular formula is C10H18N2O. The van der Waals surface area contributed by atoms with Crippen LogP contribution in [0.4, 0.5) is 0 Å². The molecule has 3 nitrogen and oxygen atoms in total. The molecule has 0 aliphatic rings. The molecule has 1 N–H and O–H groups in total. The molecular weight excluding hydrogens is 164 g/mol. The lowest BCUT2D eigenvalue weighted by atomic mass is 10.1. The molecule has 1 rings (SSSR count). The zero-order valence-corrected chi connectivity index (χ0v) is 9.00. The zero-order valence-electron chi connectivity index (χ0n) is 9.00. The highest BCUT2D eigenvalue weighted by Crippen LogP contribution is 2.27. The first-order valence-corrected chi connectivity index (χ1v) is 4.73. The first kappa shape index (κ1) is 10.1. The van der Waals surface area contributed by atoms with E-state index in [1.54, 1.807) is 4.68 Å². The van der Waals surface area contributed by atoms with E-state index in [0.717, 1.165) is 11.3 Å². The summed E-state index contributed by atoms with van der Waals surface area (Å²) in [6.07, 6.45) is 0. The summed E-state index contributed by atoms with van der Waals surface area (Å²) in [4.78, 5) is 0. The number of rotatable bonds is 2. The van der Waals surface area contributed by atoms with Crippen LogP contribution in [-0.2, 0) is 0 Å². The summed E-state index contributed by atoms with van der Waals surface area (Å²) < 4.78 is 1.67. The first-order chi connectivity index (χ1) is 5.95. The summed E-state index contributed by atoms with van der Waals surface area (Å²) in [6, 6.07) is 0.214. The SMILES string of the molecule is Cc1c(C(C)C)nn(C(C)C)c1O. The van der Waals surface area contributed by atoms with E-state index < -0.39 is 0 Å². The Morgan fingerprint density at radius 3 is 2.00 bits per heavy atom. The van der Waals surface area contributed by atoms with Crippen LogP contribution in [0.1, 0.15) is 50.9 Å². The fourth-order valence-corrected chi connectivity index (χ4v) is 1.43. The average molecular weight is 182 g/mol. The Balaban J connectivity index is 3.20. The molecule has 1 heterocycles. The van der Waals surface area contributed by atoms with Gasteiger partial charge in [-0.2, -0.15) is 5.10 Å². The lowest BCUT2D eigenvalue weighted by Gasteiger charge is -2.05. The highest BCUT2D eigenvalue weighted by atomic mass is 16.3. The number of aromatic hydroxyl groups is 1. The van der Waals surface area contributed by atoms with Crippen molar-refractivity contribution < 1.29 is 5.11 Å². The third-order valence-electron chi connectivity index (χ3n) is 2.19. The van der Waals surface area contributed by atoms with Gasteiger partial charge in [0, 0.05) is 5.56 Å². The van der Waals surface area contributed by atoms with E-state index in [-0.39, 0.29) is 6.04 Å². The topological polar surface area (TPSA) is 38.0 Å². The number of aromatic nitrogens is 2. The summed E-state index contributed by atoms with van der Waals surface area (Å²) in [5.41, 5.74) is 1.90. The molecule has 0 atom stereocenters. The largest absolute Gasteiger partial charge is 0.493 e. The van der Waals surface area contributed by atoms with Crippen molar-refractivity contribution in [3.05, 3.63) is 11.3 Å². The van der Waals surface area contributed by atoms with Crippen LogP contribution in [0.3, 0.4) is 0 Å². The van der Waals surface area contributed by atoms with Crippen molar-refractivity contribution >= 4 is 0 Å². The average Bonchev–Trinajstić information content (AvgIpc) is 2.29. The molecule has 0 amide bonds. The van der Waals surface area contributed by atoms with Gasteiger partial charge in [0.1, 0.15) is 0 Å². The van der Waals surface area contributed by atoms with Crippen molar-refractivity contribution in [2.75, 3.05) is 0 Å². The summed E-state index contributed by atoms with van der Waals surface area (Å²) in [5, 5.41) is 14.1. The van der Waals surface area contributed by atoms with Gasteiger partial charge < -0.3 is 5.11 Å². The molecule has 0 bridgehead atoms. The van der Waals surface area contributed by atoms with Gasteiger partial charge in [0.25, 0.3) is 0 Å². The van der Waals surface area contributed by atoms with Crippen molar-refractivity contribution in [1.29, 1.82) is 0 Å². The van der Waals surface area contributed by atoms with Crippen molar-refractivity contribution in [1.82, 2.24) is 9.78 Å². The Kier molecular flexibility index (Phi) is 2.64. The molecule has 0 aliphatic carbocycles. The second-order valence-corrected chi connectivity index (χ2v) is 4.03. The molecule has 0 aliphatic heterocycles. The maximum atomic E-state index is 9.74. The Labute approximate surface area is 79.4 Å². The predicted molar refractivity (Wildman–Crippen MR) is 53.1 cm³/mol. The molecule has 0 saturated carbocycles. The van der Waals surface area contributed by atoms with Gasteiger partial charge in [-0.3, -0.25) is 0 Å². The van der Waals surface area contributed by atoms with Gasteiger partial charge >= 0.3 is 0 Å². The third-order valence-corrected chi connectivity index (χ3v) is 2.19. The number of hydrogen-bond donors (Lipinski definition) is 1. The van der Waals surface area contributed by atoms with E-state index in [9.17, 15) is 5.11 Å². The minimum atomic E-state index is 0.214. The van der Waals surface area contributed by atoms with E-state index in [1.807, 2.05) is 20.8 Å². The first-order valence-electron chi connectivity index (χ1n) is 4.73. The van der Waals surface area contributed by atoms with Crippen molar-refractivity contribution in [3.8, 4) is 5.88 Å². The van der Waals surface area contributed by atoms with Gasteiger partial charge in [0.2, 0.25) is 5.88 Å². The minimum absolute atomic E-state index is 0.214. The second-order valence-electron chi connectivity index (χ2n) is 4.03. The summed E-state index contributed by atoms with van der Waals surface area (Å²) in [6.45, 7) is 10.1. The molecule has 0 radical (unpaired) electrons. The highest BCUT2D eigenvalue weighted by Gasteiger charge is 2.16. The Bertz CT molecular complexity index is 272. The van der Waals surface area contributed by atoms with Gasteiger partial charge in [0.05, 0.1) is 11.7 Å². The summed E-state index contributed by atoms with van der Waals surface area (Å²) in [7, 11) is 0. The van der Waals surface area contributed by atoms with Gasteiger partial charge in [-0.05, 0) is 26.7 Å². The van der Waals surface area contributed by atoms with Gasteiger partial charge in [0.15, 0.2) is 0 Å². The highest BCUT2D eigenvalue weighted by molar-refractivity contribution is 5.31. The Morgan fingerprint density at radius 1 is 1.23 bits per heavy atom. The maximum absolute atomic E-state index is 9.74. The standard InChI is InChI=1S/C10H18N2O/c1-6(2)9-8(5)10(13)12(11-9)7(3)4/h6-7,13H,1-5H3. The van der Waals surface area contributed by atoms with Crippen LogP contribution in [-0.4, -0.2) is 14.9 Å². The lowest BCUT2D eigenvalue weighted by molar-refractivity contribution is 0.374. The maximum Gasteiger partial charge on any atom is 0.212 e.